The molecule has 0 aliphatic carbocycles. The third kappa shape index (κ3) is 5.11. The number of methoxy groups -OCH3 is 1. The molecular weight excluding hydrogens is 336 g/mol. The van der Waals surface area contributed by atoms with E-state index in [1.165, 1.54) is 12.0 Å². The average Bonchev–Trinajstić information content (AvgIpc) is 3.03. The smallest absolute Gasteiger partial charge is 0.319 e. The summed E-state index contributed by atoms with van der Waals surface area (Å²) in [6.07, 6.45) is 2.24. The summed E-state index contributed by atoms with van der Waals surface area (Å²) in [6.45, 7) is 1.93. The highest BCUT2D eigenvalue weighted by molar-refractivity contribution is 5.99. The predicted octanol–water partition coefficient (Wildman–Crippen LogP) is 1.53. The third-order valence-electron chi connectivity index (χ3n) is 4.16. The number of nitrogens with zero attached hydrogens (tertiary/aromatic N) is 2. The van der Waals surface area contributed by atoms with Gasteiger partial charge in [0, 0.05) is 45.8 Å². The maximum Gasteiger partial charge on any atom is 0.319 e. The molecule has 0 radical (unpaired) electrons. The fourth-order valence-electron chi connectivity index (χ4n) is 2.78. The number of amides is 4. The molecule has 1 aliphatic heterocycles. The number of hydrogen-bond donors (Lipinski definition) is 2. The summed E-state index contributed by atoms with van der Waals surface area (Å²) in [5, 5.41) is 5.46. The normalized spacial score (nSPS) is 13.5. The summed E-state index contributed by atoms with van der Waals surface area (Å²) in [4.78, 5) is 39.0. The van der Waals surface area contributed by atoms with E-state index in [1.54, 1.807) is 32.3 Å². The lowest BCUT2D eigenvalue weighted by Gasteiger charge is -2.16. The number of carbonyl (C=O) groups is 3. The minimum atomic E-state index is -0.355. The van der Waals surface area contributed by atoms with Crippen molar-refractivity contribution in [1.29, 1.82) is 0 Å². The van der Waals surface area contributed by atoms with Crippen molar-refractivity contribution < 1.29 is 19.1 Å². The van der Waals surface area contributed by atoms with Gasteiger partial charge >= 0.3 is 6.03 Å². The van der Waals surface area contributed by atoms with Crippen molar-refractivity contribution in [2.75, 3.05) is 46.2 Å². The maximum absolute atomic E-state index is 12.2. The Bertz CT molecular complexity index is 675. The van der Waals surface area contributed by atoms with Crippen LogP contribution < -0.4 is 15.4 Å². The molecule has 1 aromatic rings. The van der Waals surface area contributed by atoms with E-state index in [1.807, 2.05) is 4.90 Å². The fourth-order valence-corrected chi connectivity index (χ4v) is 2.78. The molecule has 0 atom stereocenters. The van der Waals surface area contributed by atoms with Crippen LogP contribution in [-0.4, -0.2) is 68.5 Å². The topological polar surface area (TPSA) is 91.0 Å². The fraction of sp³-hybridized carbons (Fsp3) is 0.500. The second-order valence-electron chi connectivity index (χ2n) is 6.33. The van der Waals surface area contributed by atoms with Crippen LogP contribution in [0.1, 0.15) is 29.6 Å². The second-order valence-corrected chi connectivity index (χ2v) is 6.33. The molecule has 26 heavy (non-hydrogen) atoms. The summed E-state index contributed by atoms with van der Waals surface area (Å²) in [5.41, 5.74) is 0.881. The van der Waals surface area contributed by atoms with Gasteiger partial charge < -0.3 is 25.2 Å². The Labute approximate surface area is 153 Å². The van der Waals surface area contributed by atoms with Gasteiger partial charge in [-0.1, -0.05) is 0 Å². The SMILES string of the molecule is COc1ccc(NC(=O)NCCCN2CCCC2=O)cc1C(=O)N(C)C. The molecule has 1 aliphatic rings. The van der Waals surface area contributed by atoms with E-state index in [0.29, 0.717) is 42.9 Å². The van der Waals surface area contributed by atoms with Crippen LogP contribution in [-0.2, 0) is 4.79 Å². The minimum Gasteiger partial charge on any atom is -0.496 e. The van der Waals surface area contributed by atoms with Crippen LogP contribution in [0, 0.1) is 0 Å². The molecule has 1 fully saturated rings. The summed E-state index contributed by atoms with van der Waals surface area (Å²) in [6, 6.07) is 4.55. The lowest BCUT2D eigenvalue weighted by molar-refractivity contribution is -0.127. The van der Waals surface area contributed by atoms with Crippen LogP contribution in [0.25, 0.3) is 0 Å². The van der Waals surface area contributed by atoms with Crippen LogP contribution in [0.2, 0.25) is 0 Å². The van der Waals surface area contributed by atoms with E-state index < -0.39 is 0 Å². The highest BCUT2D eigenvalue weighted by Crippen LogP contribution is 2.23. The second kappa shape index (κ2) is 9.07. The summed E-state index contributed by atoms with van der Waals surface area (Å²) < 4.78 is 5.21. The quantitative estimate of drug-likeness (QED) is 0.720. The highest BCUT2D eigenvalue weighted by Gasteiger charge is 2.19. The molecule has 0 spiro atoms. The van der Waals surface area contributed by atoms with E-state index in [9.17, 15) is 14.4 Å². The van der Waals surface area contributed by atoms with Gasteiger partial charge in [-0.05, 0) is 31.0 Å². The average molecular weight is 362 g/mol. The molecular formula is C18H26N4O4. The molecule has 142 valence electrons. The lowest BCUT2D eigenvalue weighted by Crippen LogP contribution is -2.33. The number of likely N-dealkylation sites (tertiary alicyclic amines) is 1. The van der Waals surface area contributed by atoms with Crippen molar-refractivity contribution in [2.24, 2.45) is 0 Å². The zero-order valence-corrected chi connectivity index (χ0v) is 15.5. The number of carbonyl (C=O) groups excluding carboxylic acids is 3. The Morgan fingerprint density at radius 1 is 1.31 bits per heavy atom. The molecule has 8 nitrogen and oxygen atoms in total. The minimum absolute atomic E-state index is 0.186. The number of hydrogen-bond acceptors (Lipinski definition) is 4. The van der Waals surface area contributed by atoms with Crippen molar-refractivity contribution in [3.8, 4) is 5.75 Å². The monoisotopic (exact) mass is 362 g/mol. The van der Waals surface area contributed by atoms with Crippen LogP contribution in [0.3, 0.4) is 0 Å². The van der Waals surface area contributed by atoms with Crippen molar-refractivity contribution in [2.45, 2.75) is 19.3 Å². The van der Waals surface area contributed by atoms with Crippen LogP contribution in [0.15, 0.2) is 18.2 Å². The van der Waals surface area contributed by atoms with Gasteiger partial charge in [0.15, 0.2) is 0 Å². The predicted molar refractivity (Wildman–Crippen MR) is 98.5 cm³/mol. The lowest BCUT2D eigenvalue weighted by atomic mass is 10.1. The molecule has 0 bridgehead atoms. The van der Waals surface area contributed by atoms with E-state index in [2.05, 4.69) is 10.6 Å². The van der Waals surface area contributed by atoms with Gasteiger partial charge in [-0.3, -0.25) is 9.59 Å². The molecule has 1 aromatic carbocycles. The molecule has 0 saturated carbocycles. The molecule has 0 unspecified atom stereocenters. The molecule has 1 heterocycles. The van der Waals surface area contributed by atoms with Crippen LogP contribution in [0.5, 0.6) is 5.75 Å². The summed E-state index contributed by atoms with van der Waals surface area (Å²) in [5.74, 6) is 0.428. The van der Waals surface area contributed by atoms with Gasteiger partial charge in [0.2, 0.25) is 5.91 Å². The molecule has 1 saturated heterocycles. The van der Waals surface area contributed by atoms with Crippen LogP contribution in [0.4, 0.5) is 10.5 Å². The molecule has 4 amide bonds. The van der Waals surface area contributed by atoms with Crippen molar-refractivity contribution in [3.63, 3.8) is 0 Å². The zero-order valence-electron chi connectivity index (χ0n) is 15.5. The standard InChI is InChI=1S/C18H26N4O4/c1-21(2)17(24)14-12-13(7-8-15(14)26-3)20-18(25)19-9-5-11-22-10-4-6-16(22)23/h7-8,12H,4-6,9-11H2,1-3H3,(H2,19,20,25). The third-order valence-corrected chi connectivity index (χ3v) is 4.16. The van der Waals surface area contributed by atoms with Gasteiger partial charge in [-0.15, -0.1) is 0 Å². The Morgan fingerprint density at radius 2 is 2.08 bits per heavy atom. The molecule has 0 aromatic heterocycles. The first-order chi connectivity index (χ1) is 12.4. The first kappa shape index (κ1) is 19.6. The van der Waals surface area contributed by atoms with E-state index in [-0.39, 0.29) is 17.8 Å². The first-order valence-corrected chi connectivity index (χ1v) is 8.64. The van der Waals surface area contributed by atoms with Crippen molar-refractivity contribution >= 4 is 23.5 Å². The molecule has 8 heteroatoms. The molecule has 2 N–H and O–H groups in total. The summed E-state index contributed by atoms with van der Waals surface area (Å²) in [7, 11) is 4.80. The van der Waals surface area contributed by atoms with Crippen molar-refractivity contribution in [3.05, 3.63) is 23.8 Å². The Morgan fingerprint density at radius 3 is 2.69 bits per heavy atom. The van der Waals surface area contributed by atoms with Gasteiger partial charge in [-0.2, -0.15) is 0 Å². The van der Waals surface area contributed by atoms with Gasteiger partial charge in [0.25, 0.3) is 5.91 Å². The number of ether oxygens (including phenoxy) is 1. The van der Waals surface area contributed by atoms with E-state index >= 15 is 0 Å². The van der Waals surface area contributed by atoms with Gasteiger partial charge in [0.05, 0.1) is 12.7 Å². The Kier molecular flexibility index (Phi) is 6.82. The number of nitrogens with one attached hydrogen (secondary N) is 2. The van der Waals surface area contributed by atoms with E-state index in [4.69, 9.17) is 4.74 Å². The van der Waals surface area contributed by atoms with Gasteiger partial charge in [-0.25, -0.2) is 4.79 Å². The highest BCUT2D eigenvalue weighted by atomic mass is 16.5. The van der Waals surface area contributed by atoms with E-state index in [0.717, 1.165) is 13.0 Å². The Hall–Kier alpha value is -2.77. The number of rotatable bonds is 7. The number of benzene rings is 1. The van der Waals surface area contributed by atoms with Crippen molar-refractivity contribution in [1.82, 2.24) is 15.1 Å². The Balaban J connectivity index is 1.85. The number of urea groups is 1. The van der Waals surface area contributed by atoms with Gasteiger partial charge in [0.1, 0.15) is 5.75 Å². The largest absolute Gasteiger partial charge is 0.496 e. The zero-order chi connectivity index (χ0) is 19.1. The molecule has 2 rings (SSSR count). The maximum atomic E-state index is 12.2. The number of anilines is 1. The summed E-state index contributed by atoms with van der Waals surface area (Å²) >= 11 is 0. The van der Waals surface area contributed by atoms with Crippen LogP contribution >= 0.6 is 0 Å². The first-order valence-electron chi connectivity index (χ1n) is 8.64.